The predicted octanol–water partition coefficient (Wildman–Crippen LogP) is 3.74. The molecule has 0 unspecified atom stereocenters. The SMILES string of the molecule is O=C(COn1nnc2ccc(Cl)cc21)N(Cc1ccccc1)Cc1ccccc1. The van der Waals surface area contributed by atoms with Crippen LogP contribution in [0, 0.1) is 0 Å². The van der Waals surface area contributed by atoms with E-state index in [-0.39, 0.29) is 12.5 Å². The Balaban J connectivity index is 1.50. The molecule has 0 saturated carbocycles. The van der Waals surface area contributed by atoms with E-state index in [0.29, 0.717) is 29.1 Å². The number of aromatic nitrogens is 3. The zero-order valence-electron chi connectivity index (χ0n) is 15.6. The number of carbonyl (C=O) groups is 1. The van der Waals surface area contributed by atoms with E-state index in [1.54, 1.807) is 23.1 Å². The van der Waals surface area contributed by atoms with Crippen molar-refractivity contribution < 1.29 is 9.63 Å². The molecule has 146 valence electrons. The smallest absolute Gasteiger partial charge is 0.263 e. The average molecular weight is 407 g/mol. The number of carbonyl (C=O) groups excluding carboxylic acids is 1. The maximum atomic E-state index is 13.0. The van der Waals surface area contributed by atoms with Crippen LogP contribution in [0.1, 0.15) is 11.1 Å². The van der Waals surface area contributed by atoms with Crippen LogP contribution in [0.5, 0.6) is 0 Å². The molecule has 1 heterocycles. The van der Waals surface area contributed by atoms with Crippen LogP contribution in [0.2, 0.25) is 5.02 Å². The maximum Gasteiger partial charge on any atom is 0.263 e. The Kier molecular flexibility index (Phi) is 5.72. The summed E-state index contributed by atoms with van der Waals surface area (Å²) in [6.07, 6.45) is 0. The first kappa shape index (κ1) is 19.0. The van der Waals surface area contributed by atoms with Crippen LogP contribution in [-0.2, 0) is 17.9 Å². The largest absolute Gasteiger partial charge is 0.385 e. The Hall–Kier alpha value is -3.38. The molecule has 6 nitrogen and oxygen atoms in total. The summed E-state index contributed by atoms with van der Waals surface area (Å²) in [6, 6.07) is 24.9. The van der Waals surface area contributed by atoms with Gasteiger partial charge in [-0.1, -0.05) is 77.1 Å². The standard InChI is InChI=1S/C22H19ClN4O2/c23-19-11-12-20-21(13-19)27(25-24-20)29-16-22(28)26(14-17-7-3-1-4-8-17)15-18-9-5-2-6-10-18/h1-13H,14-16H2. The topological polar surface area (TPSA) is 60.3 Å². The van der Waals surface area contributed by atoms with Gasteiger partial charge in [0.05, 0.1) is 0 Å². The Morgan fingerprint density at radius 2 is 1.55 bits per heavy atom. The van der Waals surface area contributed by atoms with Crippen molar-refractivity contribution in [2.75, 3.05) is 6.61 Å². The van der Waals surface area contributed by atoms with Gasteiger partial charge in [-0.25, -0.2) is 0 Å². The molecule has 0 bridgehead atoms. The lowest BCUT2D eigenvalue weighted by Crippen LogP contribution is -2.36. The quantitative estimate of drug-likeness (QED) is 0.469. The van der Waals surface area contributed by atoms with Crippen LogP contribution >= 0.6 is 11.6 Å². The van der Waals surface area contributed by atoms with Gasteiger partial charge in [-0.2, -0.15) is 0 Å². The van der Waals surface area contributed by atoms with E-state index >= 15 is 0 Å². The molecule has 0 N–H and O–H groups in total. The Morgan fingerprint density at radius 3 is 2.17 bits per heavy atom. The molecule has 0 radical (unpaired) electrons. The van der Waals surface area contributed by atoms with Gasteiger partial charge in [0.2, 0.25) is 0 Å². The zero-order chi connectivity index (χ0) is 20.1. The monoisotopic (exact) mass is 406 g/mol. The fourth-order valence-electron chi connectivity index (χ4n) is 3.01. The third-order valence-electron chi connectivity index (χ3n) is 4.47. The number of fused-ring (bicyclic) bond motifs is 1. The zero-order valence-corrected chi connectivity index (χ0v) is 16.4. The van der Waals surface area contributed by atoms with Gasteiger partial charge in [-0.15, -0.1) is 5.10 Å². The fourth-order valence-corrected chi connectivity index (χ4v) is 3.18. The van der Waals surface area contributed by atoms with E-state index in [2.05, 4.69) is 10.3 Å². The molecule has 4 rings (SSSR count). The van der Waals surface area contributed by atoms with Crippen LogP contribution < -0.4 is 4.84 Å². The van der Waals surface area contributed by atoms with Gasteiger partial charge >= 0.3 is 0 Å². The number of hydrogen-bond acceptors (Lipinski definition) is 4. The highest BCUT2D eigenvalue weighted by Crippen LogP contribution is 2.16. The van der Waals surface area contributed by atoms with Crippen molar-refractivity contribution in [2.24, 2.45) is 0 Å². The van der Waals surface area contributed by atoms with E-state index in [9.17, 15) is 4.79 Å². The lowest BCUT2D eigenvalue weighted by Gasteiger charge is -2.23. The number of hydrogen-bond donors (Lipinski definition) is 0. The van der Waals surface area contributed by atoms with E-state index < -0.39 is 0 Å². The van der Waals surface area contributed by atoms with E-state index in [0.717, 1.165) is 11.1 Å². The molecule has 0 aliphatic carbocycles. The van der Waals surface area contributed by atoms with Gasteiger partial charge in [-0.3, -0.25) is 4.79 Å². The van der Waals surface area contributed by atoms with Crippen molar-refractivity contribution in [3.63, 3.8) is 0 Å². The molecule has 0 aliphatic heterocycles. The molecule has 29 heavy (non-hydrogen) atoms. The van der Waals surface area contributed by atoms with Crippen molar-refractivity contribution in [2.45, 2.75) is 13.1 Å². The number of benzene rings is 3. The van der Waals surface area contributed by atoms with Gasteiger partial charge in [0.15, 0.2) is 6.61 Å². The fraction of sp³-hybridized carbons (Fsp3) is 0.136. The lowest BCUT2D eigenvalue weighted by molar-refractivity contribution is -0.138. The van der Waals surface area contributed by atoms with E-state index in [1.165, 1.54) is 4.85 Å². The van der Waals surface area contributed by atoms with Gasteiger partial charge in [-0.05, 0) is 34.5 Å². The number of amides is 1. The summed E-state index contributed by atoms with van der Waals surface area (Å²) >= 11 is 6.04. The van der Waals surface area contributed by atoms with Crippen LogP contribution in [0.25, 0.3) is 11.0 Å². The summed E-state index contributed by atoms with van der Waals surface area (Å²) in [6.45, 7) is 0.814. The Labute approximate surface area is 173 Å². The summed E-state index contributed by atoms with van der Waals surface area (Å²) in [5.41, 5.74) is 3.36. The molecule has 3 aromatic carbocycles. The number of nitrogens with zero attached hydrogens (tertiary/aromatic N) is 4. The van der Waals surface area contributed by atoms with Crippen molar-refractivity contribution >= 4 is 28.5 Å². The highest BCUT2D eigenvalue weighted by atomic mass is 35.5. The summed E-state index contributed by atoms with van der Waals surface area (Å²) < 4.78 is 0. The third-order valence-corrected chi connectivity index (χ3v) is 4.71. The molecule has 0 spiro atoms. The normalized spacial score (nSPS) is 10.8. The van der Waals surface area contributed by atoms with Gasteiger partial charge in [0, 0.05) is 18.1 Å². The molecular formula is C22H19ClN4O2. The highest BCUT2D eigenvalue weighted by molar-refractivity contribution is 6.31. The summed E-state index contributed by atoms with van der Waals surface area (Å²) in [5, 5.41) is 8.52. The van der Waals surface area contributed by atoms with Gasteiger partial charge in [0.25, 0.3) is 5.91 Å². The molecule has 1 amide bonds. The van der Waals surface area contributed by atoms with Crippen LogP contribution in [-0.4, -0.2) is 32.6 Å². The molecule has 0 fully saturated rings. The second kappa shape index (κ2) is 8.75. The van der Waals surface area contributed by atoms with Crippen LogP contribution in [0.3, 0.4) is 0 Å². The predicted molar refractivity (Wildman–Crippen MR) is 111 cm³/mol. The summed E-state index contributed by atoms with van der Waals surface area (Å²) in [4.78, 5) is 21.6. The molecule has 4 aromatic rings. The molecule has 1 aromatic heterocycles. The minimum absolute atomic E-state index is 0.150. The molecule has 0 aliphatic rings. The second-order valence-corrected chi connectivity index (χ2v) is 7.03. The van der Waals surface area contributed by atoms with Crippen molar-refractivity contribution in [3.8, 4) is 0 Å². The summed E-state index contributed by atoms with van der Waals surface area (Å²) in [5.74, 6) is -0.150. The minimum Gasteiger partial charge on any atom is -0.385 e. The van der Waals surface area contributed by atoms with Crippen molar-refractivity contribution in [1.29, 1.82) is 0 Å². The Bertz CT molecular complexity index is 1060. The molecule has 0 atom stereocenters. The molecule has 0 saturated heterocycles. The van der Waals surface area contributed by atoms with Crippen molar-refractivity contribution in [1.82, 2.24) is 20.1 Å². The van der Waals surface area contributed by atoms with Crippen LogP contribution in [0.15, 0.2) is 78.9 Å². The molecule has 7 heteroatoms. The van der Waals surface area contributed by atoms with E-state index in [4.69, 9.17) is 16.4 Å². The van der Waals surface area contributed by atoms with Gasteiger partial charge < -0.3 is 9.74 Å². The third kappa shape index (κ3) is 4.73. The number of rotatable bonds is 7. The lowest BCUT2D eigenvalue weighted by atomic mass is 10.1. The van der Waals surface area contributed by atoms with E-state index in [1.807, 2.05) is 60.7 Å². The minimum atomic E-state index is -0.162. The first-order chi connectivity index (χ1) is 14.2. The van der Waals surface area contributed by atoms with Gasteiger partial charge in [0.1, 0.15) is 11.0 Å². The van der Waals surface area contributed by atoms with Crippen molar-refractivity contribution in [3.05, 3.63) is 95.0 Å². The first-order valence-corrected chi connectivity index (χ1v) is 9.57. The second-order valence-electron chi connectivity index (χ2n) is 6.59. The Morgan fingerprint density at radius 1 is 0.931 bits per heavy atom. The van der Waals surface area contributed by atoms with Crippen LogP contribution in [0.4, 0.5) is 0 Å². The maximum absolute atomic E-state index is 13.0. The average Bonchev–Trinajstić information content (AvgIpc) is 3.15. The first-order valence-electron chi connectivity index (χ1n) is 9.19. The number of halogens is 1. The molecular weight excluding hydrogens is 388 g/mol. The summed E-state index contributed by atoms with van der Waals surface area (Å²) in [7, 11) is 0. The highest BCUT2D eigenvalue weighted by Gasteiger charge is 2.17.